The predicted octanol–water partition coefficient (Wildman–Crippen LogP) is 1.44. The molecule has 1 aromatic carbocycles. The Hall–Kier alpha value is -3.11. The van der Waals surface area contributed by atoms with Crippen molar-refractivity contribution >= 4 is 11.9 Å². The van der Waals surface area contributed by atoms with Crippen molar-refractivity contribution in [2.45, 2.75) is 38.0 Å². The van der Waals surface area contributed by atoms with Crippen molar-refractivity contribution in [3.8, 4) is 11.5 Å². The average molecular weight is 485 g/mol. The zero-order valence-corrected chi connectivity index (χ0v) is 20.1. The number of rotatable bonds is 7. The molecule has 5 rings (SSSR count). The van der Waals surface area contributed by atoms with E-state index in [4.69, 9.17) is 18.9 Å². The first kappa shape index (κ1) is 23.6. The standard InChI is InChI=1S/C25H32N4O6/c1-17-19(23(31)28-24(27-17)29-8-12-33-13-9-29)3-5-22(30)26-15-25(6-10-32-11-7-25)18-2-4-20-21(14-18)35-16-34-20/h2,4,14H,3,5-13,15-16H2,1H3,(H,26,30)(H,27,28,31). The summed E-state index contributed by atoms with van der Waals surface area (Å²) in [6.45, 7) is 6.45. The molecule has 1 amide bonds. The summed E-state index contributed by atoms with van der Waals surface area (Å²) < 4.78 is 22.0. The van der Waals surface area contributed by atoms with E-state index < -0.39 is 0 Å². The summed E-state index contributed by atoms with van der Waals surface area (Å²) in [4.78, 5) is 35.0. The maximum atomic E-state index is 12.8. The van der Waals surface area contributed by atoms with Gasteiger partial charge in [0.15, 0.2) is 11.5 Å². The number of fused-ring (bicyclic) bond motifs is 1. The molecular weight excluding hydrogens is 452 g/mol. The van der Waals surface area contributed by atoms with E-state index in [-0.39, 0.29) is 30.1 Å². The summed E-state index contributed by atoms with van der Waals surface area (Å²) in [5, 5.41) is 3.11. The van der Waals surface area contributed by atoms with Crippen molar-refractivity contribution in [1.82, 2.24) is 15.3 Å². The van der Waals surface area contributed by atoms with Gasteiger partial charge in [0, 0.05) is 55.9 Å². The Morgan fingerprint density at radius 3 is 2.63 bits per heavy atom. The average Bonchev–Trinajstić information content (AvgIpc) is 3.36. The quantitative estimate of drug-likeness (QED) is 0.607. The van der Waals surface area contributed by atoms with Crippen LogP contribution in [0.25, 0.3) is 0 Å². The van der Waals surface area contributed by atoms with Crippen LogP contribution in [0.3, 0.4) is 0 Å². The topological polar surface area (TPSA) is 115 Å². The molecule has 0 saturated carbocycles. The number of benzene rings is 1. The van der Waals surface area contributed by atoms with Gasteiger partial charge in [-0.1, -0.05) is 6.07 Å². The van der Waals surface area contributed by atoms with Crippen molar-refractivity contribution < 1.29 is 23.7 Å². The molecule has 0 atom stereocenters. The number of anilines is 1. The van der Waals surface area contributed by atoms with Crippen molar-refractivity contribution in [2.75, 3.05) is 57.8 Å². The molecule has 0 radical (unpaired) electrons. The lowest BCUT2D eigenvalue weighted by Crippen LogP contribution is -2.44. The number of aromatic nitrogens is 2. The van der Waals surface area contributed by atoms with Crippen molar-refractivity contribution in [2.24, 2.45) is 0 Å². The summed E-state index contributed by atoms with van der Waals surface area (Å²) in [7, 11) is 0. The Kier molecular flexibility index (Phi) is 6.92. The second kappa shape index (κ2) is 10.2. The zero-order valence-electron chi connectivity index (χ0n) is 20.1. The van der Waals surface area contributed by atoms with Crippen molar-refractivity contribution in [1.29, 1.82) is 0 Å². The number of aromatic amines is 1. The van der Waals surface area contributed by atoms with Gasteiger partial charge in [0.25, 0.3) is 5.56 Å². The molecule has 10 nitrogen and oxygen atoms in total. The van der Waals surface area contributed by atoms with E-state index in [0.717, 1.165) is 29.9 Å². The number of carbonyl (C=O) groups excluding carboxylic acids is 1. The van der Waals surface area contributed by atoms with Crippen LogP contribution in [0.5, 0.6) is 11.5 Å². The molecule has 2 saturated heterocycles. The van der Waals surface area contributed by atoms with E-state index in [1.54, 1.807) is 0 Å². The minimum Gasteiger partial charge on any atom is -0.454 e. The van der Waals surface area contributed by atoms with Gasteiger partial charge in [0.2, 0.25) is 18.6 Å². The van der Waals surface area contributed by atoms with Crippen molar-refractivity contribution in [3.63, 3.8) is 0 Å². The number of ether oxygens (including phenoxy) is 4. The van der Waals surface area contributed by atoms with Gasteiger partial charge in [-0.2, -0.15) is 0 Å². The largest absolute Gasteiger partial charge is 0.454 e. The van der Waals surface area contributed by atoms with Gasteiger partial charge in [0.05, 0.1) is 13.2 Å². The molecule has 188 valence electrons. The third-order valence-corrected chi connectivity index (χ3v) is 7.18. The van der Waals surface area contributed by atoms with E-state index in [9.17, 15) is 9.59 Å². The van der Waals surface area contributed by atoms with Gasteiger partial charge in [-0.15, -0.1) is 0 Å². The van der Waals surface area contributed by atoms with Gasteiger partial charge in [-0.05, 0) is 43.9 Å². The molecule has 3 aliphatic rings. The summed E-state index contributed by atoms with van der Waals surface area (Å²) in [5.41, 5.74) is 1.90. The number of hydrogen-bond donors (Lipinski definition) is 2. The molecule has 0 aliphatic carbocycles. The molecule has 35 heavy (non-hydrogen) atoms. The van der Waals surface area contributed by atoms with E-state index >= 15 is 0 Å². The van der Waals surface area contributed by atoms with Crippen LogP contribution in [0.1, 0.15) is 36.1 Å². The molecule has 4 heterocycles. The molecule has 2 fully saturated rings. The van der Waals surface area contributed by atoms with E-state index in [2.05, 4.69) is 21.4 Å². The fraction of sp³-hybridized carbons (Fsp3) is 0.560. The van der Waals surface area contributed by atoms with Crippen LogP contribution in [0.2, 0.25) is 0 Å². The Morgan fingerprint density at radius 2 is 1.86 bits per heavy atom. The smallest absolute Gasteiger partial charge is 0.255 e. The Labute approximate surface area is 203 Å². The first-order chi connectivity index (χ1) is 17.0. The van der Waals surface area contributed by atoms with Gasteiger partial charge in [-0.25, -0.2) is 4.98 Å². The third kappa shape index (κ3) is 5.13. The fourth-order valence-corrected chi connectivity index (χ4v) is 4.97. The molecule has 3 aliphatic heterocycles. The number of nitrogens with zero attached hydrogens (tertiary/aromatic N) is 2. The molecule has 0 spiro atoms. The minimum absolute atomic E-state index is 0.0901. The van der Waals surface area contributed by atoms with Crippen LogP contribution in [-0.4, -0.2) is 68.7 Å². The highest BCUT2D eigenvalue weighted by atomic mass is 16.7. The lowest BCUT2D eigenvalue weighted by molar-refractivity contribution is -0.121. The number of morpholine rings is 1. The second-order valence-electron chi connectivity index (χ2n) is 9.29. The second-order valence-corrected chi connectivity index (χ2v) is 9.29. The number of nitrogens with one attached hydrogen (secondary N) is 2. The summed E-state index contributed by atoms with van der Waals surface area (Å²) in [6, 6.07) is 6.00. The zero-order chi connectivity index (χ0) is 24.3. The molecule has 2 aromatic rings. The first-order valence-electron chi connectivity index (χ1n) is 12.2. The summed E-state index contributed by atoms with van der Waals surface area (Å²) in [5.74, 6) is 1.96. The molecule has 1 aromatic heterocycles. The number of H-pyrrole nitrogens is 1. The number of carbonyl (C=O) groups is 1. The van der Waals surface area contributed by atoms with Crippen molar-refractivity contribution in [3.05, 3.63) is 45.4 Å². The highest BCUT2D eigenvalue weighted by molar-refractivity contribution is 5.76. The summed E-state index contributed by atoms with van der Waals surface area (Å²) in [6.07, 6.45) is 2.16. The predicted molar refractivity (Wildman–Crippen MR) is 128 cm³/mol. The Bertz CT molecular complexity index is 1120. The van der Waals surface area contributed by atoms with Crippen LogP contribution in [0.15, 0.2) is 23.0 Å². The maximum Gasteiger partial charge on any atom is 0.255 e. The molecule has 0 bridgehead atoms. The van der Waals surface area contributed by atoms with E-state index in [0.29, 0.717) is 69.7 Å². The van der Waals surface area contributed by atoms with Crippen LogP contribution in [-0.2, 0) is 26.1 Å². The molecule has 10 heteroatoms. The third-order valence-electron chi connectivity index (χ3n) is 7.18. The van der Waals surface area contributed by atoms with Gasteiger partial charge < -0.3 is 29.2 Å². The lowest BCUT2D eigenvalue weighted by Gasteiger charge is -2.38. The summed E-state index contributed by atoms with van der Waals surface area (Å²) >= 11 is 0. The minimum atomic E-state index is -0.233. The van der Waals surface area contributed by atoms with Gasteiger partial charge in [0.1, 0.15) is 0 Å². The first-order valence-corrected chi connectivity index (χ1v) is 12.2. The van der Waals surface area contributed by atoms with E-state index in [1.807, 2.05) is 24.0 Å². The lowest BCUT2D eigenvalue weighted by atomic mass is 9.74. The number of hydrogen-bond acceptors (Lipinski definition) is 8. The highest BCUT2D eigenvalue weighted by Gasteiger charge is 2.36. The monoisotopic (exact) mass is 484 g/mol. The van der Waals surface area contributed by atoms with Gasteiger partial charge in [-0.3, -0.25) is 14.6 Å². The SMILES string of the molecule is Cc1nc(N2CCOCC2)[nH]c(=O)c1CCC(=O)NCC1(c2ccc3c(c2)OCO3)CCOCC1. The van der Waals surface area contributed by atoms with Gasteiger partial charge >= 0.3 is 0 Å². The van der Waals surface area contributed by atoms with E-state index in [1.165, 1.54) is 0 Å². The fourth-order valence-electron chi connectivity index (χ4n) is 4.97. The Morgan fingerprint density at radius 1 is 1.11 bits per heavy atom. The maximum absolute atomic E-state index is 12.8. The number of aryl methyl sites for hydroxylation is 1. The molecular formula is C25H32N4O6. The van der Waals surface area contributed by atoms with Crippen LogP contribution in [0.4, 0.5) is 5.95 Å². The molecule has 0 unspecified atom stereocenters. The normalized spacial score (nSPS) is 18.9. The van der Waals surface area contributed by atoms with Crippen LogP contribution < -0.4 is 25.2 Å². The molecule has 2 N–H and O–H groups in total. The Balaban J connectivity index is 1.22. The highest BCUT2D eigenvalue weighted by Crippen LogP contribution is 2.40. The van der Waals surface area contributed by atoms with Crippen LogP contribution >= 0.6 is 0 Å². The number of amides is 1. The van der Waals surface area contributed by atoms with Crippen LogP contribution in [0, 0.1) is 6.92 Å².